The van der Waals surface area contributed by atoms with Crippen LogP contribution in [0.5, 0.6) is 0 Å². The number of nitrogens with one attached hydrogen (secondary N) is 1. The quantitative estimate of drug-likeness (QED) is 0.169. The minimum Gasteiger partial charge on any atom is -0.394 e. The average Bonchev–Trinajstić information content (AvgIpc) is 2.75. The third-order valence-corrected chi connectivity index (χ3v) is 6.71. The number of ether oxygens (including phenoxy) is 4. The van der Waals surface area contributed by atoms with E-state index in [4.69, 9.17) is 36.1 Å². The summed E-state index contributed by atoms with van der Waals surface area (Å²) in [6.07, 6.45) is -11.2. The molecule has 13 N–H and O–H groups in total. The van der Waals surface area contributed by atoms with Crippen LogP contribution in [0.4, 0.5) is 0 Å². The van der Waals surface area contributed by atoms with E-state index in [-0.39, 0.29) is 13.0 Å². The van der Waals surface area contributed by atoms with Gasteiger partial charge in [-0.2, -0.15) is 0 Å². The molecule has 2 aliphatic heterocycles. The number of aliphatic hydroxyl groups is 6. The lowest BCUT2D eigenvalue weighted by Crippen LogP contribution is -2.69. The number of aliphatic hydroxyl groups excluding tert-OH is 5. The fourth-order valence-corrected chi connectivity index (χ4v) is 4.74. The van der Waals surface area contributed by atoms with Crippen LogP contribution in [0, 0.1) is 0 Å². The van der Waals surface area contributed by atoms with Gasteiger partial charge in [-0.3, -0.25) is 0 Å². The van der Waals surface area contributed by atoms with Crippen LogP contribution in [-0.2, 0) is 18.9 Å². The first-order chi connectivity index (χ1) is 15.4. The first-order valence-corrected chi connectivity index (χ1v) is 11.0. The molecule has 3 aliphatic rings. The monoisotopic (exact) mass is 482 g/mol. The summed E-state index contributed by atoms with van der Waals surface area (Å²) in [4.78, 5) is 0. The molecule has 14 heteroatoms. The Hall–Kier alpha value is -0.560. The Bertz CT molecular complexity index is 646. The third kappa shape index (κ3) is 5.34. The van der Waals surface area contributed by atoms with Crippen molar-refractivity contribution in [1.82, 2.24) is 5.32 Å². The van der Waals surface area contributed by atoms with Crippen molar-refractivity contribution >= 4 is 0 Å². The predicted molar refractivity (Wildman–Crippen MR) is 111 cm³/mol. The topological polar surface area (TPSA) is 248 Å². The van der Waals surface area contributed by atoms with Gasteiger partial charge < -0.3 is 72.1 Å². The first kappa shape index (κ1) is 27.0. The Morgan fingerprint density at radius 1 is 0.939 bits per heavy atom. The molecule has 0 aromatic heterocycles. The average molecular weight is 483 g/mol. The molecule has 0 aromatic rings. The molecule has 0 radical (unpaired) electrons. The van der Waals surface area contributed by atoms with Crippen LogP contribution in [-0.4, -0.2) is 136 Å². The number of hydrogen-bond acceptors (Lipinski definition) is 14. The second-order valence-corrected chi connectivity index (χ2v) is 9.33. The molecule has 3 fully saturated rings. The van der Waals surface area contributed by atoms with Gasteiger partial charge in [0.1, 0.15) is 48.3 Å². The number of rotatable bonds is 6. The standard InChI is InChI=1S/C19H38N4O10/c1-19(29)5-30-18(13(28)16(19)23-2)33-15-7(21)3-6(20)14(12(15)27)32-17-9(22)11(26)10(25)8(4-24)31-17/h6-18,23-29H,3-5,20-22H2,1-2H3/t6?,7?,8-,9-,10-,11-,12?,13-,14?,15?,16-,17-,18-,19-/m1/s1. The van der Waals surface area contributed by atoms with E-state index in [2.05, 4.69) is 5.32 Å². The van der Waals surface area contributed by atoms with Gasteiger partial charge in [-0.25, -0.2) is 0 Å². The van der Waals surface area contributed by atoms with E-state index in [1.165, 1.54) is 6.92 Å². The number of nitrogens with two attached hydrogens (primary N) is 3. The summed E-state index contributed by atoms with van der Waals surface area (Å²) in [5, 5.41) is 64.4. The van der Waals surface area contributed by atoms with Gasteiger partial charge in [-0.1, -0.05) is 0 Å². The maximum atomic E-state index is 11.0. The smallest absolute Gasteiger partial charge is 0.185 e. The van der Waals surface area contributed by atoms with Crippen molar-refractivity contribution in [3.05, 3.63) is 0 Å². The van der Waals surface area contributed by atoms with Gasteiger partial charge in [-0.05, 0) is 20.4 Å². The highest BCUT2D eigenvalue weighted by Gasteiger charge is 2.52. The van der Waals surface area contributed by atoms with Crippen LogP contribution in [0.1, 0.15) is 13.3 Å². The second kappa shape index (κ2) is 10.6. The van der Waals surface area contributed by atoms with Crippen molar-refractivity contribution in [2.24, 2.45) is 17.2 Å². The molecule has 2 heterocycles. The fourth-order valence-electron chi connectivity index (χ4n) is 4.74. The molecule has 3 rings (SSSR count). The second-order valence-electron chi connectivity index (χ2n) is 9.33. The predicted octanol–water partition coefficient (Wildman–Crippen LogP) is -6.00. The van der Waals surface area contributed by atoms with Gasteiger partial charge >= 0.3 is 0 Å². The van der Waals surface area contributed by atoms with E-state index in [1.807, 2.05) is 0 Å². The SMILES string of the molecule is CN[C@@H]1[C@@H](O)[C@@H](OC2C(N)CC(N)C(O[C@H]3O[C@H](CO)[C@@H](O)[C@H](O)[C@H]3N)C2O)OC[C@@]1(C)O. The Labute approximate surface area is 191 Å². The fraction of sp³-hybridized carbons (Fsp3) is 1.00. The molecule has 2 saturated heterocycles. The Morgan fingerprint density at radius 2 is 1.52 bits per heavy atom. The highest BCUT2D eigenvalue weighted by atomic mass is 16.7. The molecule has 1 aliphatic carbocycles. The summed E-state index contributed by atoms with van der Waals surface area (Å²) in [5.41, 5.74) is 16.9. The number of hydrogen-bond donors (Lipinski definition) is 10. The van der Waals surface area contributed by atoms with E-state index in [0.29, 0.717) is 0 Å². The zero-order valence-electron chi connectivity index (χ0n) is 18.7. The molecule has 0 spiro atoms. The van der Waals surface area contributed by atoms with Gasteiger partial charge in [0.15, 0.2) is 12.6 Å². The van der Waals surface area contributed by atoms with E-state index < -0.39 is 91.7 Å². The molecular formula is C19H38N4O10. The summed E-state index contributed by atoms with van der Waals surface area (Å²) in [7, 11) is 1.58. The molecule has 1 saturated carbocycles. The van der Waals surface area contributed by atoms with Crippen LogP contribution in [0.2, 0.25) is 0 Å². The molecule has 0 bridgehead atoms. The molecule has 14 atom stereocenters. The van der Waals surface area contributed by atoms with Crippen molar-refractivity contribution in [3.8, 4) is 0 Å². The van der Waals surface area contributed by atoms with Gasteiger partial charge in [-0.15, -0.1) is 0 Å². The maximum absolute atomic E-state index is 11.0. The highest BCUT2D eigenvalue weighted by molar-refractivity contribution is 5.02. The van der Waals surface area contributed by atoms with Gasteiger partial charge in [0.2, 0.25) is 0 Å². The van der Waals surface area contributed by atoms with Crippen molar-refractivity contribution in [2.45, 2.75) is 98.4 Å². The van der Waals surface area contributed by atoms with Crippen molar-refractivity contribution in [2.75, 3.05) is 20.3 Å². The Morgan fingerprint density at radius 3 is 2.06 bits per heavy atom. The zero-order valence-corrected chi connectivity index (χ0v) is 18.7. The summed E-state index contributed by atoms with van der Waals surface area (Å²) in [6, 6.07) is -3.44. The largest absolute Gasteiger partial charge is 0.394 e. The maximum Gasteiger partial charge on any atom is 0.185 e. The number of likely N-dealkylation sites (N-methyl/N-ethyl adjacent to an activating group) is 1. The van der Waals surface area contributed by atoms with Crippen molar-refractivity contribution in [1.29, 1.82) is 0 Å². The normalized spacial score (nSPS) is 53.7. The van der Waals surface area contributed by atoms with Gasteiger partial charge in [0.25, 0.3) is 0 Å². The summed E-state index contributed by atoms with van der Waals surface area (Å²) < 4.78 is 22.6. The third-order valence-electron chi connectivity index (χ3n) is 6.71. The minimum absolute atomic E-state index is 0.134. The van der Waals surface area contributed by atoms with Gasteiger partial charge in [0.05, 0.1) is 25.3 Å². The zero-order chi connectivity index (χ0) is 24.7. The lowest BCUT2D eigenvalue weighted by atomic mass is 9.84. The van der Waals surface area contributed by atoms with Gasteiger partial charge in [0, 0.05) is 12.1 Å². The molecule has 194 valence electrons. The summed E-state index contributed by atoms with van der Waals surface area (Å²) in [6.45, 7) is 0.787. The Balaban J connectivity index is 1.71. The molecule has 5 unspecified atom stereocenters. The molecule has 0 amide bonds. The van der Waals surface area contributed by atoms with Crippen molar-refractivity contribution in [3.63, 3.8) is 0 Å². The minimum atomic E-state index is -1.44. The van der Waals surface area contributed by atoms with Crippen LogP contribution in [0.3, 0.4) is 0 Å². The Kier molecular flexibility index (Phi) is 8.68. The van der Waals surface area contributed by atoms with E-state index >= 15 is 0 Å². The molecule has 0 aromatic carbocycles. The lowest BCUT2D eigenvalue weighted by Gasteiger charge is -2.49. The van der Waals surface area contributed by atoms with Crippen LogP contribution in [0.25, 0.3) is 0 Å². The molecule has 33 heavy (non-hydrogen) atoms. The summed E-state index contributed by atoms with van der Waals surface area (Å²) in [5.74, 6) is 0. The summed E-state index contributed by atoms with van der Waals surface area (Å²) >= 11 is 0. The van der Waals surface area contributed by atoms with E-state index in [9.17, 15) is 30.6 Å². The van der Waals surface area contributed by atoms with E-state index in [1.54, 1.807) is 7.05 Å². The van der Waals surface area contributed by atoms with Crippen LogP contribution < -0.4 is 22.5 Å². The first-order valence-electron chi connectivity index (χ1n) is 11.0. The lowest BCUT2D eigenvalue weighted by molar-refractivity contribution is -0.316. The molecular weight excluding hydrogens is 444 g/mol. The van der Waals surface area contributed by atoms with Crippen molar-refractivity contribution < 1.29 is 49.6 Å². The molecule has 14 nitrogen and oxygen atoms in total. The van der Waals surface area contributed by atoms with E-state index in [0.717, 1.165) is 0 Å². The van der Waals surface area contributed by atoms with Crippen LogP contribution >= 0.6 is 0 Å². The van der Waals surface area contributed by atoms with Crippen LogP contribution in [0.15, 0.2) is 0 Å². The highest BCUT2D eigenvalue weighted by Crippen LogP contribution is 2.31.